The van der Waals surface area contributed by atoms with Crippen LogP contribution in [0.2, 0.25) is 0 Å². The third kappa shape index (κ3) is 4.77. The molecular weight excluding hydrogens is 294 g/mol. The van der Waals surface area contributed by atoms with Gasteiger partial charge < -0.3 is 10.2 Å². The summed E-state index contributed by atoms with van der Waals surface area (Å²) < 4.78 is 0. The average Bonchev–Trinajstić information content (AvgIpc) is 2.53. The number of nitrogens with zero attached hydrogens (tertiary/aromatic N) is 2. The average molecular weight is 315 g/mol. The predicted molar refractivity (Wildman–Crippen MR) is 92.6 cm³/mol. The summed E-state index contributed by atoms with van der Waals surface area (Å²) in [5, 5.41) is 3.26. The number of aryl methyl sites for hydroxylation is 1. The van der Waals surface area contributed by atoms with E-state index >= 15 is 0 Å². The van der Waals surface area contributed by atoms with Gasteiger partial charge in [0.15, 0.2) is 0 Å². The molecule has 1 aromatic heterocycles. The van der Waals surface area contributed by atoms with Gasteiger partial charge in [-0.2, -0.15) is 0 Å². The number of thioether (sulfide) groups is 1. The number of benzene rings is 1. The van der Waals surface area contributed by atoms with E-state index in [0.717, 1.165) is 18.1 Å². The summed E-state index contributed by atoms with van der Waals surface area (Å²) in [6.45, 7) is 2.92. The summed E-state index contributed by atoms with van der Waals surface area (Å²) in [6.07, 6.45) is 1.61. The molecule has 5 heteroatoms. The van der Waals surface area contributed by atoms with Crippen molar-refractivity contribution < 1.29 is 4.79 Å². The Balaban J connectivity index is 1.77. The van der Waals surface area contributed by atoms with E-state index in [9.17, 15) is 4.79 Å². The van der Waals surface area contributed by atoms with Crippen LogP contribution in [-0.4, -0.2) is 42.2 Å². The maximum atomic E-state index is 11.8. The van der Waals surface area contributed by atoms with Gasteiger partial charge in [0.1, 0.15) is 5.82 Å². The van der Waals surface area contributed by atoms with Crippen LogP contribution < -0.4 is 5.32 Å². The highest BCUT2D eigenvalue weighted by Gasteiger charge is 2.07. The molecule has 1 aromatic carbocycles. The van der Waals surface area contributed by atoms with Crippen LogP contribution in [0.15, 0.2) is 47.5 Å². The van der Waals surface area contributed by atoms with Gasteiger partial charge in [0.05, 0.1) is 5.56 Å². The van der Waals surface area contributed by atoms with E-state index in [1.165, 1.54) is 10.5 Å². The van der Waals surface area contributed by atoms with Gasteiger partial charge in [-0.15, -0.1) is 11.8 Å². The molecule has 0 radical (unpaired) electrons. The SMILES string of the molecule is Cc1ccc(SCCNc2ccc(C(=O)N(C)C)cn2)cc1. The van der Waals surface area contributed by atoms with Crippen molar-refractivity contribution in [2.45, 2.75) is 11.8 Å². The predicted octanol–water partition coefficient (Wildman–Crippen LogP) is 3.30. The summed E-state index contributed by atoms with van der Waals surface area (Å²) in [5.74, 6) is 1.72. The number of hydrogen-bond donors (Lipinski definition) is 1. The van der Waals surface area contributed by atoms with E-state index in [-0.39, 0.29) is 5.91 Å². The number of hydrogen-bond acceptors (Lipinski definition) is 4. The largest absolute Gasteiger partial charge is 0.369 e. The molecule has 0 atom stereocenters. The lowest BCUT2D eigenvalue weighted by Crippen LogP contribution is -2.21. The van der Waals surface area contributed by atoms with Gasteiger partial charge in [-0.05, 0) is 31.2 Å². The molecule has 0 spiro atoms. The van der Waals surface area contributed by atoms with Crippen molar-refractivity contribution in [3.8, 4) is 0 Å². The molecule has 4 nitrogen and oxygen atoms in total. The summed E-state index contributed by atoms with van der Waals surface area (Å²) >= 11 is 1.81. The fourth-order valence-corrected chi connectivity index (χ4v) is 2.63. The monoisotopic (exact) mass is 315 g/mol. The zero-order valence-electron chi connectivity index (χ0n) is 13.2. The van der Waals surface area contributed by atoms with Crippen molar-refractivity contribution in [2.24, 2.45) is 0 Å². The van der Waals surface area contributed by atoms with Crippen LogP contribution in [0.4, 0.5) is 5.82 Å². The second kappa shape index (κ2) is 7.84. The molecule has 0 unspecified atom stereocenters. The molecular formula is C17H21N3OS. The van der Waals surface area contributed by atoms with Gasteiger partial charge in [-0.25, -0.2) is 4.98 Å². The zero-order valence-corrected chi connectivity index (χ0v) is 14.0. The van der Waals surface area contributed by atoms with Crippen LogP contribution in [0.5, 0.6) is 0 Å². The molecule has 0 aliphatic heterocycles. The van der Waals surface area contributed by atoms with E-state index < -0.39 is 0 Å². The highest BCUT2D eigenvalue weighted by molar-refractivity contribution is 7.99. The first kappa shape index (κ1) is 16.4. The first-order valence-corrected chi connectivity index (χ1v) is 8.16. The van der Waals surface area contributed by atoms with Gasteiger partial charge in [-0.3, -0.25) is 4.79 Å². The third-order valence-corrected chi connectivity index (χ3v) is 4.13. The number of rotatable bonds is 6. The van der Waals surface area contributed by atoms with Crippen LogP contribution in [0.3, 0.4) is 0 Å². The van der Waals surface area contributed by atoms with Crippen molar-refractivity contribution in [3.05, 3.63) is 53.7 Å². The highest BCUT2D eigenvalue weighted by Crippen LogP contribution is 2.18. The highest BCUT2D eigenvalue weighted by atomic mass is 32.2. The summed E-state index contributed by atoms with van der Waals surface area (Å²) in [6, 6.07) is 12.2. The Morgan fingerprint density at radius 1 is 1.18 bits per heavy atom. The molecule has 0 aliphatic carbocycles. The number of amides is 1. The number of carbonyl (C=O) groups is 1. The fourth-order valence-electron chi connectivity index (χ4n) is 1.87. The van der Waals surface area contributed by atoms with Crippen molar-refractivity contribution >= 4 is 23.5 Å². The van der Waals surface area contributed by atoms with E-state index in [1.54, 1.807) is 31.3 Å². The number of anilines is 1. The van der Waals surface area contributed by atoms with E-state index in [4.69, 9.17) is 0 Å². The lowest BCUT2D eigenvalue weighted by atomic mass is 10.2. The molecule has 1 heterocycles. The topological polar surface area (TPSA) is 45.2 Å². The standard InChI is InChI=1S/C17H21N3OS/c1-13-4-7-15(8-5-13)22-11-10-18-16-9-6-14(12-19-16)17(21)20(2)3/h4-9,12H,10-11H2,1-3H3,(H,18,19). The van der Waals surface area contributed by atoms with Gasteiger partial charge in [-0.1, -0.05) is 17.7 Å². The number of nitrogens with one attached hydrogen (secondary N) is 1. The molecule has 0 saturated carbocycles. The minimum Gasteiger partial charge on any atom is -0.369 e. The summed E-state index contributed by atoms with van der Waals surface area (Å²) in [5.41, 5.74) is 1.88. The molecule has 1 N–H and O–H groups in total. The second-order valence-corrected chi connectivity index (χ2v) is 6.39. The number of aromatic nitrogens is 1. The number of carbonyl (C=O) groups excluding carboxylic acids is 1. The Kier molecular flexibility index (Phi) is 5.83. The van der Waals surface area contributed by atoms with Crippen molar-refractivity contribution in [3.63, 3.8) is 0 Å². The first-order chi connectivity index (χ1) is 10.6. The smallest absolute Gasteiger partial charge is 0.254 e. The molecule has 0 aliphatic rings. The van der Waals surface area contributed by atoms with Crippen molar-refractivity contribution in [1.29, 1.82) is 0 Å². The normalized spacial score (nSPS) is 10.3. The minimum absolute atomic E-state index is 0.0334. The zero-order chi connectivity index (χ0) is 15.9. The molecule has 0 fully saturated rings. The number of pyridine rings is 1. The molecule has 2 aromatic rings. The lowest BCUT2D eigenvalue weighted by molar-refractivity contribution is 0.0827. The van der Waals surface area contributed by atoms with Crippen LogP contribution >= 0.6 is 11.8 Å². The molecule has 0 saturated heterocycles. The molecule has 2 rings (SSSR count). The Labute approximate surface area is 135 Å². The Bertz CT molecular complexity index is 609. The molecule has 0 bridgehead atoms. The van der Waals surface area contributed by atoms with Crippen molar-refractivity contribution in [1.82, 2.24) is 9.88 Å². The van der Waals surface area contributed by atoms with Crippen LogP contribution in [-0.2, 0) is 0 Å². The molecule has 116 valence electrons. The molecule has 22 heavy (non-hydrogen) atoms. The molecule has 1 amide bonds. The van der Waals surface area contributed by atoms with Gasteiger partial charge in [0.2, 0.25) is 0 Å². The Morgan fingerprint density at radius 3 is 2.50 bits per heavy atom. The van der Waals surface area contributed by atoms with Gasteiger partial charge in [0, 0.05) is 37.5 Å². The van der Waals surface area contributed by atoms with Gasteiger partial charge in [0.25, 0.3) is 5.91 Å². The van der Waals surface area contributed by atoms with E-state index in [1.807, 2.05) is 17.8 Å². The fraction of sp³-hybridized carbons (Fsp3) is 0.294. The van der Waals surface area contributed by atoms with Crippen molar-refractivity contribution in [2.75, 3.05) is 31.7 Å². The summed E-state index contributed by atoms with van der Waals surface area (Å²) in [4.78, 5) is 18.8. The van der Waals surface area contributed by atoms with Gasteiger partial charge >= 0.3 is 0 Å². The Hall–Kier alpha value is -2.01. The summed E-state index contributed by atoms with van der Waals surface area (Å²) in [7, 11) is 3.47. The first-order valence-electron chi connectivity index (χ1n) is 7.17. The van der Waals surface area contributed by atoms with Crippen LogP contribution in [0, 0.1) is 6.92 Å². The quantitative estimate of drug-likeness (QED) is 0.656. The van der Waals surface area contributed by atoms with E-state index in [2.05, 4.69) is 41.5 Å². The van der Waals surface area contributed by atoms with Crippen LogP contribution in [0.1, 0.15) is 15.9 Å². The second-order valence-electron chi connectivity index (χ2n) is 5.22. The van der Waals surface area contributed by atoms with Crippen LogP contribution in [0.25, 0.3) is 0 Å². The third-order valence-electron chi connectivity index (χ3n) is 3.11. The maximum Gasteiger partial charge on any atom is 0.254 e. The minimum atomic E-state index is -0.0334. The maximum absolute atomic E-state index is 11.8. The lowest BCUT2D eigenvalue weighted by Gasteiger charge is -2.10. The van der Waals surface area contributed by atoms with E-state index in [0.29, 0.717) is 5.56 Å². The Morgan fingerprint density at radius 2 is 1.91 bits per heavy atom.